The van der Waals surface area contributed by atoms with Crippen molar-refractivity contribution in [1.29, 1.82) is 0 Å². The maximum atomic E-state index is 13.2. The Labute approximate surface area is 278 Å². The van der Waals surface area contributed by atoms with Crippen LogP contribution in [0, 0.1) is 5.82 Å². The van der Waals surface area contributed by atoms with Crippen LogP contribution in [-0.4, -0.2) is 25.3 Å². The molecule has 0 spiro atoms. The molecule has 0 bridgehead atoms. The predicted octanol–water partition coefficient (Wildman–Crippen LogP) is 12.4. The van der Waals surface area contributed by atoms with Crippen molar-refractivity contribution in [2.75, 3.05) is 0 Å². The second kappa shape index (κ2) is 13.4. The molecule has 45 heavy (non-hydrogen) atoms. The number of carbonyl (C=O) groups excluding carboxylic acids is 1. The predicted molar refractivity (Wildman–Crippen MR) is 169 cm³/mol. The summed E-state index contributed by atoms with van der Waals surface area (Å²) in [7, 11) is -0.332. The molecule has 1 nitrogen and oxygen atoms in total. The zero-order valence-corrected chi connectivity index (χ0v) is 28.9. The van der Waals surface area contributed by atoms with E-state index >= 15 is 0 Å². The summed E-state index contributed by atoms with van der Waals surface area (Å²) in [5, 5.41) is 1.87. The Morgan fingerprint density at radius 3 is 1.40 bits per heavy atom. The number of ketones is 1. The molecule has 5 rings (SSSR count). The van der Waals surface area contributed by atoms with Crippen molar-refractivity contribution in [2.24, 2.45) is 0 Å². The SMILES string of the molecule is O=C(c1ccc(F)cc1)c1ccc(Sc2ccc([S+](c3ccc(Cl)cc3)c3ccc(Cl)cc3)cc2)c(Cl)c1.[F][Sb-]([F])([F])([F])([F])[F]. The average Bonchev–Trinajstić information content (AvgIpc) is 2.95. The van der Waals surface area contributed by atoms with E-state index in [1.54, 1.807) is 12.1 Å². The van der Waals surface area contributed by atoms with E-state index in [2.05, 4.69) is 48.5 Å². The number of rotatable bonds is 7. The molecule has 0 saturated heterocycles. The Bertz CT molecular complexity index is 1750. The van der Waals surface area contributed by atoms with E-state index in [-0.39, 0.29) is 22.5 Å². The van der Waals surface area contributed by atoms with Gasteiger partial charge in [-0.1, -0.05) is 46.6 Å². The van der Waals surface area contributed by atoms with Crippen LogP contribution >= 0.6 is 46.6 Å². The molecule has 0 heterocycles. The summed E-state index contributed by atoms with van der Waals surface area (Å²) in [4.78, 5) is 18.1. The van der Waals surface area contributed by atoms with Gasteiger partial charge in [0.15, 0.2) is 20.5 Å². The second-order valence-electron chi connectivity index (χ2n) is 9.23. The van der Waals surface area contributed by atoms with Crippen molar-refractivity contribution in [3.8, 4) is 0 Å². The van der Waals surface area contributed by atoms with Crippen LogP contribution in [0.5, 0.6) is 0 Å². The Morgan fingerprint density at radius 1 is 0.578 bits per heavy atom. The first-order chi connectivity index (χ1) is 20.8. The third-order valence-corrected chi connectivity index (χ3v) is 9.93. The number of carbonyl (C=O) groups is 1. The van der Waals surface area contributed by atoms with E-state index in [9.17, 15) is 26.1 Å². The standard InChI is InChI=1S/C31H19Cl3FOS2.6FH.Sb/c32-22-4-12-26(13-5-22)38(27-14-6-23(33)7-15-27)28-16-10-25(11-17-28)37-30-18-3-21(19-29(30)34)31(36)20-1-8-24(35)9-2-20;;;;;;;/h1-19H;6*1H;/q+1;;;;;;;+5/p-6. The Balaban J connectivity index is 0.000000591. The molecule has 0 saturated carbocycles. The molecule has 0 radical (unpaired) electrons. The molecule has 0 aromatic heterocycles. The zero-order chi connectivity index (χ0) is 33.1. The van der Waals surface area contributed by atoms with Gasteiger partial charge in [0, 0.05) is 31.0 Å². The number of halogens is 10. The van der Waals surface area contributed by atoms with Gasteiger partial charge in [0.1, 0.15) is 5.82 Å². The van der Waals surface area contributed by atoms with Gasteiger partial charge in [0.25, 0.3) is 0 Å². The fourth-order valence-corrected chi connectivity index (χ4v) is 7.22. The number of hydrogen-bond acceptors (Lipinski definition) is 2. The van der Waals surface area contributed by atoms with Crippen molar-refractivity contribution >= 4 is 82.7 Å². The molecule has 0 unspecified atom stereocenters. The van der Waals surface area contributed by atoms with Crippen LogP contribution in [-0.2, 0) is 10.9 Å². The summed E-state index contributed by atoms with van der Waals surface area (Å²) in [6, 6.07) is 34.9. The van der Waals surface area contributed by atoms with Crippen LogP contribution in [0.3, 0.4) is 0 Å². The molecule has 236 valence electrons. The van der Waals surface area contributed by atoms with Gasteiger partial charge in [-0.3, -0.25) is 4.79 Å². The first kappa shape index (κ1) is 35.5. The Hall–Kier alpha value is -2.33. The van der Waals surface area contributed by atoms with Gasteiger partial charge < -0.3 is 0 Å². The van der Waals surface area contributed by atoms with Crippen LogP contribution in [0.25, 0.3) is 0 Å². The van der Waals surface area contributed by atoms with Gasteiger partial charge in [-0.15, -0.1) is 0 Å². The van der Waals surface area contributed by atoms with E-state index in [1.165, 1.54) is 36.0 Å². The molecular formula is C31H19Cl3F7OS2Sb. The van der Waals surface area contributed by atoms with Crippen LogP contribution in [0.1, 0.15) is 15.9 Å². The normalized spacial score (nSPS) is 13.0. The summed E-state index contributed by atoms with van der Waals surface area (Å²) in [6.07, 6.45) is 0. The van der Waals surface area contributed by atoms with Crippen molar-refractivity contribution in [1.82, 2.24) is 0 Å². The molecule has 0 amide bonds. The molecule has 14 heteroatoms. The van der Waals surface area contributed by atoms with Crippen LogP contribution in [0.15, 0.2) is 140 Å². The van der Waals surface area contributed by atoms with E-state index in [0.29, 0.717) is 26.2 Å². The quantitative estimate of drug-likeness (QED) is 0.0703. The van der Waals surface area contributed by atoms with Gasteiger partial charge >= 0.3 is 36.4 Å². The van der Waals surface area contributed by atoms with E-state index < -0.39 is 19.5 Å². The molecule has 0 aliphatic carbocycles. The summed E-state index contributed by atoms with van der Waals surface area (Å²) < 4.78 is 72.8. The fraction of sp³-hybridized carbons (Fsp3) is 0. The molecule has 5 aromatic rings. The van der Waals surface area contributed by atoms with Crippen molar-refractivity contribution in [2.45, 2.75) is 24.5 Å². The molecule has 0 N–H and O–H groups in total. The van der Waals surface area contributed by atoms with E-state index in [4.69, 9.17) is 34.8 Å². The second-order valence-corrected chi connectivity index (χ2v) is 19.1. The van der Waals surface area contributed by atoms with Gasteiger partial charge in [0.05, 0.1) is 15.9 Å². The van der Waals surface area contributed by atoms with Gasteiger partial charge in [-0.2, -0.15) is 0 Å². The average molecular weight is 833 g/mol. The Kier molecular flexibility index (Phi) is 10.6. The monoisotopic (exact) mass is 830 g/mol. The van der Waals surface area contributed by atoms with Crippen LogP contribution in [0.2, 0.25) is 15.1 Å². The van der Waals surface area contributed by atoms with E-state index in [1.807, 2.05) is 30.3 Å². The maximum absolute atomic E-state index is 13.2. The first-order valence-corrected chi connectivity index (χ1v) is 21.5. The Morgan fingerprint density at radius 2 is 0.978 bits per heavy atom. The van der Waals surface area contributed by atoms with Gasteiger partial charge in [0.2, 0.25) is 0 Å². The van der Waals surface area contributed by atoms with Crippen molar-refractivity contribution < 1.29 is 26.1 Å². The van der Waals surface area contributed by atoms with Crippen LogP contribution in [0.4, 0.5) is 21.3 Å². The summed E-state index contributed by atoms with van der Waals surface area (Å²) in [6.45, 7) is 0. The summed E-state index contributed by atoms with van der Waals surface area (Å²) >= 11 is 9.11. The minimum absolute atomic E-state index is 0.204. The third kappa shape index (κ3) is 11.8. The van der Waals surface area contributed by atoms with E-state index in [0.717, 1.165) is 24.5 Å². The summed E-state index contributed by atoms with van der Waals surface area (Å²) in [5.41, 5.74) is 0.867. The zero-order valence-electron chi connectivity index (χ0n) is 22.4. The fourth-order valence-electron chi connectivity index (χ4n) is 3.81. The van der Waals surface area contributed by atoms with Crippen molar-refractivity contribution in [3.63, 3.8) is 0 Å². The molecule has 0 atom stereocenters. The number of hydrogen-bond donors (Lipinski definition) is 0. The molecule has 0 fully saturated rings. The molecule has 5 aromatic carbocycles. The molecule has 0 aliphatic heterocycles. The summed E-state index contributed by atoms with van der Waals surface area (Å²) in [5.74, 6) is -0.588. The van der Waals surface area contributed by atoms with Gasteiger partial charge in [-0.25, -0.2) is 4.39 Å². The molecular weight excluding hydrogens is 814 g/mol. The number of benzene rings is 5. The van der Waals surface area contributed by atoms with Crippen LogP contribution < -0.4 is 0 Å². The minimum atomic E-state index is -11.2. The third-order valence-electron chi connectivity index (χ3n) is 5.69. The topological polar surface area (TPSA) is 17.1 Å². The first-order valence-electron chi connectivity index (χ1n) is 12.5. The van der Waals surface area contributed by atoms with Crippen molar-refractivity contribution in [3.05, 3.63) is 147 Å². The molecule has 0 aliphatic rings. The van der Waals surface area contributed by atoms with Gasteiger partial charge in [-0.05, 0) is 115 Å².